The molecule has 1 saturated heterocycles. The van der Waals surface area contributed by atoms with Crippen LogP contribution in [0, 0.1) is 0 Å². The molecule has 1 aliphatic rings. The van der Waals surface area contributed by atoms with Crippen molar-refractivity contribution in [1.29, 1.82) is 0 Å². The molecule has 20 heavy (non-hydrogen) atoms. The highest BCUT2D eigenvalue weighted by atomic mass is 32.2. The maximum Gasteiger partial charge on any atom is 0.244 e. The van der Waals surface area contributed by atoms with Crippen LogP contribution < -0.4 is 5.73 Å². The first-order valence-corrected chi connectivity index (χ1v) is 8.32. The number of nitrogens with zero attached hydrogens (tertiary/aromatic N) is 3. The van der Waals surface area contributed by atoms with Crippen LogP contribution in [0.1, 0.15) is 18.5 Å². The molecule has 1 fully saturated rings. The van der Waals surface area contributed by atoms with Crippen LogP contribution in [0.2, 0.25) is 0 Å². The van der Waals surface area contributed by atoms with Crippen LogP contribution in [0.5, 0.6) is 0 Å². The van der Waals surface area contributed by atoms with Gasteiger partial charge in [0.05, 0.1) is 0 Å². The van der Waals surface area contributed by atoms with Gasteiger partial charge in [0.25, 0.3) is 0 Å². The Morgan fingerprint density at radius 1 is 1.35 bits per heavy atom. The summed E-state index contributed by atoms with van der Waals surface area (Å²) >= 11 is 0. The minimum atomic E-state index is -3.38. The monoisotopic (exact) mass is 300 g/mol. The lowest BCUT2D eigenvalue weighted by Gasteiger charge is -2.34. The topological polar surface area (TPSA) is 71.6 Å². The summed E-state index contributed by atoms with van der Waals surface area (Å²) in [6.45, 7) is 1.50. The molecule has 0 spiro atoms. The minimum absolute atomic E-state index is 0.342. The zero-order valence-electron chi connectivity index (χ0n) is 12.4. The predicted octanol–water partition coefficient (Wildman–Crippen LogP) is 0.199. The molecular weight excluding hydrogens is 276 g/mol. The molecule has 0 saturated carbocycles. The van der Waals surface area contributed by atoms with Crippen molar-refractivity contribution in [2.24, 2.45) is 12.8 Å². The van der Waals surface area contributed by atoms with E-state index >= 15 is 0 Å². The molecule has 2 rings (SSSR count). The van der Waals surface area contributed by atoms with E-state index in [2.05, 4.69) is 4.90 Å². The zero-order chi connectivity index (χ0) is 14.9. The molecule has 114 valence electrons. The average Bonchev–Trinajstić information content (AvgIpc) is 2.80. The van der Waals surface area contributed by atoms with E-state index in [-0.39, 0.29) is 0 Å². The molecule has 0 unspecified atom stereocenters. The Morgan fingerprint density at radius 3 is 2.40 bits per heavy atom. The Morgan fingerprint density at radius 2 is 1.95 bits per heavy atom. The highest BCUT2D eigenvalue weighted by molar-refractivity contribution is 7.89. The maximum absolute atomic E-state index is 12.6. The van der Waals surface area contributed by atoms with Crippen LogP contribution in [0.3, 0.4) is 0 Å². The van der Waals surface area contributed by atoms with Gasteiger partial charge >= 0.3 is 0 Å². The van der Waals surface area contributed by atoms with Gasteiger partial charge in [0.1, 0.15) is 4.90 Å². The van der Waals surface area contributed by atoms with Gasteiger partial charge in [-0.25, -0.2) is 8.42 Å². The van der Waals surface area contributed by atoms with E-state index in [4.69, 9.17) is 5.73 Å². The smallest absolute Gasteiger partial charge is 0.244 e. The number of piperidine rings is 1. The number of sulfonamides is 1. The number of hydrogen-bond acceptors (Lipinski definition) is 4. The third kappa shape index (κ3) is 2.90. The third-order valence-corrected chi connectivity index (χ3v) is 5.95. The largest absolute Gasteiger partial charge is 0.352 e. The van der Waals surface area contributed by atoms with Crippen molar-refractivity contribution in [1.82, 2.24) is 13.8 Å². The Bertz CT molecular complexity index is 557. The second kappa shape index (κ2) is 5.85. The highest BCUT2D eigenvalue weighted by Crippen LogP contribution is 2.23. The summed E-state index contributed by atoms with van der Waals surface area (Å²) < 4.78 is 28.6. The van der Waals surface area contributed by atoms with E-state index in [0.717, 1.165) is 18.5 Å². The molecular formula is C13H24N4O2S. The van der Waals surface area contributed by atoms with Crippen molar-refractivity contribution >= 4 is 10.0 Å². The van der Waals surface area contributed by atoms with E-state index in [1.54, 1.807) is 21.1 Å². The van der Waals surface area contributed by atoms with Crippen LogP contribution in [0.4, 0.5) is 0 Å². The molecule has 0 aromatic carbocycles. The lowest BCUT2D eigenvalue weighted by Crippen LogP contribution is -2.44. The second-order valence-electron chi connectivity index (χ2n) is 5.58. The molecule has 0 atom stereocenters. The maximum atomic E-state index is 12.6. The molecule has 0 aliphatic carbocycles. The van der Waals surface area contributed by atoms with E-state index in [1.165, 1.54) is 0 Å². The number of hydrogen-bond donors (Lipinski definition) is 1. The van der Waals surface area contributed by atoms with Crippen LogP contribution in [0.15, 0.2) is 17.2 Å². The highest BCUT2D eigenvalue weighted by Gasteiger charge is 2.30. The second-order valence-corrected chi connectivity index (χ2v) is 7.52. The van der Waals surface area contributed by atoms with Crippen molar-refractivity contribution in [2.45, 2.75) is 30.3 Å². The summed E-state index contributed by atoms with van der Waals surface area (Å²) in [5.41, 5.74) is 6.43. The number of nitrogens with two attached hydrogens (primary N) is 1. The molecule has 1 aliphatic heterocycles. The Labute approximate surface area is 121 Å². The summed E-state index contributed by atoms with van der Waals surface area (Å²) in [5.74, 6) is 0. The summed E-state index contributed by atoms with van der Waals surface area (Å²) in [6.07, 6.45) is 3.40. The normalized spacial score (nSPS) is 18.9. The Balaban J connectivity index is 2.15. The standard InChI is InChI=1S/C13H24N4O2S/c1-15(2)11-4-6-17(7-5-11)20(18,19)13-8-12(9-14)16(3)10-13/h8,10-11H,4-7,9,14H2,1-3H3. The first-order chi connectivity index (χ1) is 9.36. The first-order valence-electron chi connectivity index (χ1n) is 6.88. The molecule has 6 nitrogen and oxygen atoms in total. The minimum Gasteiger partial charge on any atom is -0.352 e. The van der Waals surface area contributed by atoms with Crippen molar-refractivity contribution < 1.29 is 8.42 Å². The average molecular weight is 300 g/mol. The van der Waals surface area contributed by atoms with Crippen LogP contribution in [-0.2, 0) is 23.6 Å². The SMILES string of the molecule is CN(C)C1CCN(S(=O)(=O)c2cc(CN)n(C)c2)CC1. The molecule has 7 heteroatoms. The number of aromatic nitrogens is 1. The fraction of sp³-hybridized carbons (Fsp3) is 0.692. The van der Waals surface area contributed by atoms with Gasteiger partial charge in [-0.15, -0.1) is 0 Å². The zero-order valence-corrected chi connectivity index (χ0v) is 13.2. The molecule has 0 bridgehead atoms. The summed E-state index contributed by atoms with van der Waals surface area (Å²) in [6, 6.07) is 2.14. The Kier molecular flexibility index (Phi) is 4.53. The van der Waals surface area contributed by atoms with Gasteiger partial charge in [-0.3, -0.25) is 0 Å². The van der Waals surface area contributed by atoms with Gasteiger partial charge in [0.15, 0.2) is 0 Å². The van der Waals surface area contributed by atoms with Crippen molar-refractivity contribution in [2.75, 3.05) is 27.2 Å². The van der Waals surface area contributed by atoms with E-state index in [1.807, 2.05) is 21.1 Å². The van der Waals surface area contributed by atoms with Crippen LogP contribution in [-0.4, -0.2) is 55.4 Å². The van der Waals surface area contributed by atoms with Crippen molar-refractivity contribution in [3.8, 4) is 0 Å². The summed E-state index contributed by atoms with van der Waals surface area (Å²) in [5, 5.41) is 0. The van der Waals surface area contributed by atoms with Gasteiger partial charge < -0.3 is 15.2 Å². The van der Waals surface area contributed by atoms with Crippen LogP contribution >= 0.6 is 0 Å². The Hall–Kier alpha value is -0.890. The molecule has 0 amide bonds. The van der Waals surface area contributed by atoms with Gasteiger partial charge in [-0.2, -0.15) is 4.31 Å². The van der Waals surface area contributed by atoms with E-state index in [0.29, 0.717) is 30.6 Å². The fourth-order valence-corrected chi connectivity index (χ4v) is 4.24. The van der Waals surface area contributed by atoms with Gasteiger partial charge in [-0.05, 0) is 33.0 Å². The molecule has 1 aromatic rings. The van der Waals surface area contributed by atoms with Gasteiger partial charge in [0.2, 0.25) is 10.0 Å². The first kappa shape index (κ1) is 15.5. The predicted molar refractivity (Wildman–Crippen MR) is 78.8 cm³/mol. The lowest BCUT2D eigenvalue weighted by molar-refractivity contribution is 0.196. The van der Waals surface area contributed by atoms with Gasteiger partial charge in [-0.1, -0.05) is 0 Å². The summed E-state index contributed by atoms with van der Waals surface area (Å²) in [4.78, 5) is 2.52. The third-order valence-electron chi connectivity index (χ3n) is 4.08. The van der Waals surface area contributed by atoms with E-state index < -0.39 is 10.0 Å². The number of aryl methyl sites for hydroxylation is 1. The van der Waals surface area contributed by atoms with Gasteiger partial charge in [0, 0.05) is 44.6 Å². The quantitative estimate of drug-likeness (QED) is 0.862. The van der Waals surface area contributed by atoms with Crippen molar-refractivity contribution in [3.63, 3.8) is 0 Å². The van der Waals surface area contributed by atoms with E-state index in [9.17, 15) is 8.42 Å². The molecule has 2 heterocycles. The molecule has 2 N–H and O–H groups in total. The lowest BCUT2D eigenvalue weighted by atomic mass is 10.1. The summed E-state index contributed by atoms with van der Waals surface area (Å²) in [7, 11) is 2.52. The number of rotatable bonds is 4. The van der Waals surface area contributed by atoms with Crippen molar-refractivity contribution in [3.05, 3.63) is 18.0 Å². The van der Waals surface area contributed by atoms with Crippen LogP contribution in [0.25, 0.3) is 0 Å². The fourth-order valence-electron chi connectivity index (χ4n) is 2.67. The molecule has 0 radical (unpaired) electrons. The molecule has 1 aromatic heterocycles.